The fourth-order valence-electron chi connectivity index (χ4n) is 4.37. The molecule has 0 spiro atoms. The van der Waals surface area contributed by atoms with Crippen molar-refractivity contribution in [2.24, 2.45) is 7.05 Å². The van der Waals surface area contributed by atoms with Gasteiger partial charge >= 0.3 is 0 Å². The predicted octanol–water partition coefficient (Wildman–Crippen LogP) is 2.44. The Balaban J connectivity index is 1.26. The predicted molar refractivity (Wildman–Crippen MR) is 120 cm³/mol. The smallest absolute Gasteiger partial charge is 0.270 e. The number of hydrogen-bond acceptors (Lipinski definition) is 6. The quantitative estimate of drug-likeness (QED) is 0.649. The number of hydrogen-bond donors (Lipinski definition) is 0. The van der Waals surface area contributed by atoms with Gasteiger partial charge in [0.15, 0.2) is 0 Å². The summed E-state index contributed by atoms with van der Waals surface area (Å²) in [6.07, 6.45) is 11.7. The molecule has 0 aromatic carbocycles. The lowest BCUT2D eigenvalue weighted by Crippen LogP contribution is -2.49. The number of nitrogens with zero attached hydrogens (tertiary/aromatic N) is 7. The number of carbonyl (C=O) groups excluding carboxylic acids is 1. The van der Waals surface area contributed by atoms with Crippen LogP contribution in [0.5, 0.6) is 0 Å². The highest BCUT2D eigenvalue weighted by molar-refractivity contribution is 5.94. The first-order valence-electron chi connectivity index (χ1n) is 10.9. The summed E-state index contributed by atoms with van der Waals surface area (Å²) in [5.74, 6) is 0.860. The Hall–Kier alpha value is -3.42. The molecule has 5 rings (SSSR count). The monoisotopic (exact) mass is 417 g/mol. The molecular weight excluding hydrogens is 390 g/mol. The Labute approximate surface area is 182 Å². The SMILES string of the molecule is Cn1cc(-c2cnc(N3CCCC3)nc2)cc1C(=O)N1CCN(c2ccncc2)CC1. The van der Waals surface area contributed by atoms with Crippen molar-refractivity contribution in [1.29, 1.82) is 0 Å². The molecule has 0 radical (unpaired) electrons. The van der Waals surface area contributed by atoms with E-state index in [-0.39, 0.29) is 5.91 Å². The summed E-state index contributed by atoms with van der Waals surface area (Å²) in [5.41, 5.74) is 3.74. The van der Waals surface area contributed by atoms with Crippen LogP contribution in [0.3, 0.4) is 0 Å². The molecule has 2 fully saturated rings. The van der Waals surface area contributed by atoms with E-state index in [0.717, 1.165) is 48.9 Å². The molecule has 0 N–H and O–H groups in total. The van der Waals surface area contributed by atoms with Crippen LogP contribution < -0.4 is 9.80 Å². The molecule has 2 aliphatic heterocycles. The summed E-state index contributed by atoms with van der Waals surface area (Å²) in [6, 6.07) is 5.97. The summed E-state index contributed by atoms with van der Waals surface area (Å²) >= 11 is 0. The second-order valence-electron chi connectivity index (χ2n) is 8.18. The van der Waals surface area contributed by atoms with Crippen LogP contribution in [0.1, 0.15) is 23.3 Å². The average Bonchev–Trinajstić information content (AvgIpc) is 3.50. The Kier molecular flexibility index (Phi) is 5.28. The third-order valence-electron chi connectivity index (χ3n) is 6.18. The lowest BCUT2D eigenvalue weighted by Gasteiger charge is -2.36. The van der Waals surface area contributed by atoms with Crippen molar-refractivity contribution in [3.05, 3.63) is 54.9 Å². The van der Waals surface area contributed by atoms with Gasteiger partial charge in [-0.05, 0) is 31.0 Å². The van der Waals surface area contributed by atoms with Gasteiger partial charge in [-0.25, -0.2) is 9.97 Å². The molecule has 31 heavy (non-hydrogen) atoms. The van der Waals surface area contributed by atoms with Crippen LogP contribution in [0.25, 0.3) is 11.1 Å². The summed E-state index contributed by atoms with van der Waals surface area (Å²) in [6.45, 7) is 5.10. The van der Waals surface area contributed by atoms with E-state index in [0.29, 0.717) is 18.8 Å². The fourth-order valence-corrected chi connectivity index (χ4v) is 4.37. The Bertz CT molecular complexity index is 1030. The Morgan fingerprint density at radius 1 is 0.871 bits per heavy atom. The summed E-state index contributed by atoms with van der Waals surface area (Å²) in [7, 11) is 1.92. The first-order valence-corrected chi connectivity index (χ1v) is 10.9. The van der Waals surface area contributed by atoms with Crippen LogP contribution in [0.15, 0.2) is 49.2 Å². The molecule has 0 saturated carbocycles. The molecule has 8 heteroatoms. The van der Waals surface area contributed by atoms with E-state index in [2.05, 4.69) is 24.8 Å². The highest BCUT2D eigenvalue weighted by Gasteiger charge is 2.24. The molecule has 3 aromatic heterocycles. The Morgan fingerprint density at radius 2 is 1.55 bits per heavy atom. The highest BCUT2D eigenvalue weighted by Crippen LogP contribution is 2.24. The normalized spacial score (nSPS) is 16.7. The van der Waals surface area contributed by atoms with Gasteiger partial charge in [-0.1, -0.05) is 0 Å². The van der Waals surface area contributed by atoms with Crippen LogP contribution >= 0.6 is 0 Å². The highest BCUT2D eigenvalue weighted by atomic mass is 16.2. The number of aromatic nitrogens is 4. The van der Waals surface area contributed by atoms with Gasteiger partial charge in [0, 0.05) is 94.1 Å². The van der Waals surface area contributed by atoms with Gasteiger partial charge in [-0.2, -0.15) is 0 Å². The summed E-state index contributed by atoms with van der Waals surface area (Å²) < 4.78 is 1.90. The fraction of sp³-hybridized carbons (Fsp3) is 0.391. The molecule has 0 atom stereocenters. The minimum atomic E-state index is 0.0673. The standard InChI is InChI=1S/C23H27N7O/c1-27-17-18(19-15-25-23(26-16-19)30-8-2-3-9-30)14-21(27)22(31)29-12-10-28(11-13-29)20-4-6-24-7-5-20/h4-7,14-17H,2-3,8-13H2,1H3. The lowest BCUT2D eigenvalue weighted by atomic mass is 10.2. The molecule has 0 unspecified atom stereocenters. The summed E-state index contributed by atoms with van der Waals surface area (Å²) in [5, 5.41) is 0. The molecule has 8 nitrogen and oxygen atoms in total. The number of pyridine rings is 1. The minimum absolute atomic E-state index is 0.0673. The van der Waals surface area contributed by atoms with Crippen LogP contribution in [0.2, 0.25) is 0 Å². The lowest BCUT2D eigenvalue weighted by molar-refractivity contribution is 0.0737. The van der Waals surface area contributed by atoms with Crippen molar-refractivity contribution >= 4 is 17.5 Å². The number of piperazine rings is 1. The molecule has 2 aliphatic rings. The van der Waals surface area contributed by atoms with E-state index < -0.39 is 0 Å². The molecule has 5 heterocycles. The van der Waals surface area contributed by atoms with Gasteiger partial charge in [0.1, 0.15) is 5.69 Å². The third kappa shape index (κ3) is 3.97. The van der Waals surface area contributed by atoms with Crippen molar-refractivity contribution in [3.63, 3.8) is 0 Å². The number of carbonyl (C=O) groups is 1. The average molecular weight is 418 g/mol. The zero-order chi connectivity index (χ0) is 21.2. The first kappa shape index (κ1) is 19.5. The molecule has 1 amide bonds. The topological polar surface area (TPSA) is 70.4 Å². The number of rotatable bonds is 4. The van der Waals surface area contributed by atoms with Crippen LogP contribution in [0.4, 0.5) is 11.6 Å². The van der Waals surface area contributed by atoms with Gasteiger partial charge in [0.05, 0.1) is 0 Å². The van der Waals surface area contributed by atoms with Crippen LogP contribution in [-0.2, 0) is 7.05 Å². The van der Waals surface area contributed by atoms with Gasteiger partial charge in [-0.15, -0.1) is 0 Å². The maximum absolute atomic E-state index is 13.2. The van der Waals surface area contributed by atoms with E-state index in [9.17, 15) is 4.79 Å². The number of amides is 1. The maximum Gasteiger partial charge on any atom is 0.270 e. The Morgan fingerprint density at radius 3 is 2.23 bits per heavy atom. The molecule has 0 bridgehead atoms. The summed E-state index contributed by atoms with van der Waals surface area (Å²) in [4.78, 5) is 32.8. The molecular formula is C23H27N7O. The van der Waals surface area contributed by atoms with Crippen molar-refractivity contribution < 1.29 is 4.79 Å². The van der Waals surface area contributed by atoms with E-state index in [1.165, 1.54) is 12.8 Å². The molecule has 3 aromatic rings. The molecule has 2 saturated heterocycles. The largest absolute Gasteiger partial charge is 0.368 e. The van der Waals surface area contributed by atoms with Crippen molar-refractivity contribution in [2.75, 3.05) is 49.1 Å². The van der Waals surface area contributed by atoms with Gasteiger partial charge in [0.25, 0.3) is 5.91 Å². The number of aryl methyl sites for hydroxylation is 1. The van der Waals surface area contributed by atoms with Crippen molar-refractivity contribution in [3.8, 4) is 11.1 Å². The first-order chi connectivity index (χ1) is 15.2. The maximum atomic E-state index is 13.2. The third-order valence-corrected chi connectivity index (χ3v) is 6.18. The van der Waals surface area contributed by atoms with E-state index >= 15 is 0 Å². The van der Waals surface area contributed by atoms with Crippen LogP contribution in [0, 0.1) is 0 Å². The zero-order valence-corrected chi connectivity index (χ0v) is 17.8. The van der Waals surface area contributed by atoms with E-state index in [1.807, 2.05) is 53.3 Å². The van der Waals surface area contributed by atoms with Crippen molar-refractivity contribution in [2.45, 2.75) is 12.8 Å². The second kappa shape index (κ2) is 8.37. The van der Waals surface area contributed by atoms with Crippen LogP contribution in [-0.4, -0.2) is 69.6 Å². The van der Waals surface area contributed by atoms with Gasteiger partial charge < -0.3 is 19.3 Å². The van der Waals surface area contributed by atoms with Gasteiger partial charge in [0.2, 0.25) is 5.95 Å². The number of anilines is 2. The van der Waals surface area contributed by atoms with Gasteiger partial charge in [-0.3, -0.25) is 9.78 Å². The minimum Gasteiger partial charge on any atom is -0.368 e. The van der Waals surface area contributed by atoms with Crippen molar-refractivity contribution in [1.82, 2.24) is 24.4 Å². The van der Waals surface area contributed by atoms with E-state index in [4.69, 9.17) is 0 Å². The zero-order valence-electron chi connectivity index (χ0n) is 17.8. The molecule has 160 valence electrons. The van der Waals surface area contributed by atoms with E-state index in [1.54, 1.807) is 12.4 Å². The second-order valence-corrected chi connectivity index (χ2v) is 8.18. The molecule has 0 aliphatic carbocycles.